The molecule has 2 aromatic rings. The first-order valence-electron chi connectivity index (χ1n) is 6.62. The van der Waals surface area contributed by atoms with Gasteiger partial charge in [-0.15, -0.1) is 11.3 Å². The van der Waals surface area contributed by atoms with Gasteiger partial charge < -0.3 is 10.6 Å². The number of thiophene rings is 1. The SMILES string of the molecule is CC(C(=O)N(C)Cc1csc(C#CCN)c1)n1cccn1. The molecule has 0 saturated carbocycles. The zero-order valence-corrected chi connectivity index (χ0v) is 12.9. The molecule has 2 rings (SSSR count). The van der Waals surface area contributed by atoms with Crippen LogP contribution in [-0.4, -0.2) is 34.2 Å². The molecule has 0 spiro atoms. The molecule has 0 aliphatic rings. The average molecular weight is 302 g/mol. The fraction of sp³-hybridized carbons (Fsp3) is 0.333. The summed E-state index contributed by atoms with van der Waals surface area (Å²) in [7, 11) is 1.80. The van der Waals surface area contributed by atoms with Gasteiger partial charge in [0, 0.05) is 26.0 Å². The van der Waals surface area contributed by atoms with Crippen molar-refractivity contribution in [2.75, 3.05) is 13.6 Å². The van der Waals surface area contributed by atoms with Crippen LogP contribution in [0.1, 0.15) is 23.4 Å². The van der Waals surface area contributed by atoms with E-state index in [9.17, 15) is 4.79 Å². The summed E-state index contributed by atoms with van der Waals surface area (Å²) >= 11 is 1.56. The van der Waals surface area contributed by atoms with E-state index in [1.165, 1.54) is 0 Å². The Labute approximate surface area is 128 Å². The molecule has 0 aliphatic carbocycles. The van der Waals surface area contributed by atoms with Crippen LogP contribution >= 0.6 is 11.3 Å². The third-order valence-electron chi connectivity index (χ3n) is 3.04. The Hall–Kier alpha value is -2.10. The second-order valence-corrected chi connectivity index (χ2v) is 5.59. The van der Waals surface area contributed by atoms with Crippen LogP contribution in [-0.2, 0) is 11.3 Å². The van der Waals surface area contributed by atoms with Gasteiger partial charge in [-0.05, 0) is 30.0 Å². The lowest BCUT2D eigenvalue weighted by molar-refractivity contribution is -0.133. The van der Waals surface area contributed by atoms with Crippen LogP contribution in [0.15, 0.2) is 29.9 Å². The molecule has 5 nitrogen and oxygen atoms in total. The maximum atomic E-state index is 12.3. The van der Waals surface area contributed by atoms with Gasteiger partial charge in [0.1, 0.15) is 6.04 Å². The Morgan fingerprint density at radius 3 is 3.10 bits per heavy atom. The molecular weight excluding hydrogens is 284 g/mol. The van der Waals surface area contributed by atoms with Crippen molar-refractivity contribution in [3.63, 3.8) is 0 Å². The normalized spacial score (nSPS) is 11.6. The van der Waals surface area contributed by atoms with Crippen molar-refractivity contribution < 1.29 is 4.79 Å². The molecule has 1 atom stereocenters. The monoisotopic (exact) mass is 302 g/mol. The van der Waals surface area contributed by atoms with E-state index in [1.54, 1.807) is 40.4 Å². The molecule has 6 heteroatoms. The van der Waals surface area contributed by atoms with Crippen molar-refractivity contribution >= 4 is 17.2 Å². The number of nitrogens with zero attached hydrogens (tertiary/aromatic N) is 3. The van der Waals surface area contributed by atoms with Gasteiger partial charge in [-0.25, -0.2) is 0 Å². The molecule has 21 heavy (non-hydrogen) atoms. The summed E-state index contributed by atoms with van der Waals surface area (Å²) in [6.45, 7) is 2.76. The molecule has 2 N–H and O–H groups in total. The lowest BCUT2D eigenvalue weighted by Crippen LogP contribution is -2.32. The molecular formula is C15H18N4OS. The van der Waals surface area contributed by atoms with E-state index in [2.05, 4.69) is 16.9 Å². The maximum absolute atomic E-state index is 12.3. The first kappa shape index (κ1) is 15.3. The van der Waals surface area contributed by atoms with E-state index in [-0.39, 0.29) is 11.9 Å². The van der Waals surface area contributed by atoms with E-state index in [1.807, 2.05) is 24.4 Å². The molecule has 0 saturated heterocycles. The summed E-state index contributed by atoms with van der Waals surface area (Å²) in [5.41, 5.74) is 6.43. The molecule has 0 fully saturated rings. The highest BCUT2D eigenvalue weighted by Gasteiger charge is 2.19. The van der Waals surface area contributed by atoms with Gasteiger partial charge in [-0.1, -0.05) is 11.8 Å². The van der Waals surface area contributed by atoms with Crippen molar-refractivity contribution in [2.24, 2.45) is 5.73 Å². The zero-order chi connectivity index (χ0) is 15.2. The smallest absolute Gasteiger partial charge is 0.247 e. The molecule has 1 unspecified atom stereocenters. The Bertz CT molecular complexity index is 651. The average Bonchev–Trinajstić information content (AvgIpc) is 3.15. The zero-order valence-electron chi connectivity index (χ0n) is 12.1. The number of nitrogens with two attached hydrogens (primary N) is 1. The highest BCUT2D eigenvalue weighted by Crippen LogP contribution is 2.16. The van der Waals surface area contributed by atoms with Crippen LogP contribution in [0, 0.1) is 11.8 Å². The highest BCUT2D eigenvalue weighted by atomic mass is 32.1. The highest BCUT2D eigenvalue weighted by molar-refractivity contribution is 7.10. The number of carbonyl (C=O) groups excluding carboxylic acids is 1. The van der Waals surface area contributed by atoms with Gasteiger partial charge in [-0.2, -0.15) is 5.10 Å². The minimum atomic E-state index is -0.305. The van der Waals surface area contributed by atoms with Crippen LogP contribution in [0.5, 0.6) is 0 Å². The van der Waals surface area contributed by atoms with Gasteiger partial charge in [0.15, 0.2) is 0 Å². The van der Waals surface area contributed by atoms with Crippen LogP contribution < -0.4 is 5.73 Å². The largest absolute Gasteiger partial charge is 0.340 e. The summed E-state index contributed by atoms with van der Waals surface area (Å²) in [6.07, 6.45) is 3.46. The van der Waals surface area contributed by atoms with Gasteiger partial charge in [-0.3, -0.25) is 9.48 Å². The summed E-state index contributed by atoms with van der Waals surface area (Å²) in [6, 6.07) is 3.50. The van der Waals surface area contributed by atoms with Crippen molar-refractivity contribution in [3.8, 4) is 11.8 Å². The quantitative estimate of drug-likeness (QED) is 0.870. The van der Waals surface area contributed by atoms with E-state index in [0.717, 1.165) is 10.4 Å². The number of likely N-dealkylation sites (N-methyl/N-ethyl adjacent to an activating group) is 1. The summed E-state index contributed by atoms with van der Waals surface area (Å²) < 4.78 is 1.66. The molecule has 2 aromatic heterocycles. The van der Waals surface area contributed by atoms with Crippen LogP contribution in [0.3, 0.4) is 0 Å². The van der Waals surface area contributed by atoms with E-state index in [0.29, 0.717) is 13.1 Å². The van der Waals surface area contributed by atoms with Gasteiger partial charge in [0.2, 0.25) is 5.91 Å². The van der Waals surface area contributed by atoms with Crippen molar-refractivity contribution in [1.29, 1.82) is 0 Å². The number of aromatic nitrogens is 2. The molecule has 0 aliphatic heterocycles. The van der Waals surface area contributed by atoms with Gasteiger partial charge in [0.25, 0.3) is 0 Å². The van der Waals surface area contributed by atoms with Gasteiger partial charge in [0.05, 0.1) is 11.4 Å². The lowest BCUT2D eigenvalue weighted by Gasteiger charge is -2.21. The summed E-state index contributed by atoms with van der Waals surface area (Å²) in [5.74, 6) is 5.85. The molecule has 0 radical (unpaired) electrons. The number of rotatable bonds is 4. The third kappa shape index (κ3) is 3.94. The fourth-order valence-electron chi connectivity index (χ4n) is 1.96. The van der Waals surface area contributed by atoms with Crippen LogP contribution in [0.25, 0.3) is 0 Å². The van der Waals surface area contributed by atoms with E-state index in [4.69, 9.17) is 5.73 Å². The lowest BCUT2D eigenvalue weighted by atomic mass is 10.2. The minimum Gasteiger partial charge on any atom is -0.340 e. The minimum absolute atomic E-state index is 0.0273. The number of hydrogen-bond donors (Lipinski definition) is 1. The molecule has 1 amide bonds. The van der Waals surface area contributed by atoms with E-state index < -0.39 is 0 Å². The molecule has 2 heterocycles. The Balaban J connectivity index is 1.99. The third-order valence-corrected chi connectivity index (χ3v) is 3.94. The summed E-state index contributed by atoms with van der Waals surface area (Å²) in [5, 5.41) is 6.12. The Morgan fingerprint density at radius 1 is 1.62 bits per heavy atom. The second-order valence-electron chi connectivity index (χ2n) is 4.68. The fourth-order valence-corrected chi connectivity index (χ4v) is 2.73. The predicted molar refractivity (Wildman–Crippen MR) is 83.7 cm³/mol. The number of hydrogen-bond acceptors (Lipinski definition) is 4. The summed E-state index contributed by atoms with van der Waals surface area (Å²) in [4.78, 5) is 15.0. The molecule has 0 bridgehead atoms. The van der Waals surface area contributed by atoms with Crippen molar-refractivity contribution in [2.45, 2.75) is 19.5 Å². The topological polar surface area (TPSA) is 64.2 Å². The second kappa shape index (κ2) is 7.07. The first-order chi connectivity index (χ1) is 10.1. The first-order valence-corrected chi connectivity index (χ1v) is 7.50. The van der Waals surface area contributed by atoms with Crippen molar-refractivity contribution in [3.05, 3.63) is 40.3 Å². The Morgan fingerprint density at radius 2 is 2.43 bits per heavy atom. The predicted octanol–water partition coefficient (Wildman–Crippen LogP) is 1.47. The van der Waals surface area contributed by atoms with Gasteiger partial charge >= 0.3 is 0 Å². The molecule has 0 aromatic carbocycles. The number of carbonyl (C=O) groups is 1. The van der Waals surface area contributed by atoms with E-state index >= 15 is 0 Å². The standard InChI is InChI=1S/C15H18N4OS/c1-12(19-8-4-7-17-19)15(20)18(2)10-13-9-14(21-11-13)5-3-6-16/h4,7-9,11-12H,6,10,16H2,1-2H3. The maximum Gasteiger partial charge on any atom is 0.247 e. The van der Waals surface area contributed by atoms with Crippen LogP contribution in [0.4, 0.5) is 0 Å². The van der Waals surface area contributed by atoms with Crippen molar-refractivity contribution in [1.82, 2.24) is 14.7 Å². The van der Waals surface area contributed by atoms with Crippen LogP contribution in [0.2, 0.25) is 0 Å². The molecule has 110 valence electrons. The number of amides is 1. The Kier molecular flexibility index (Phi) is 5.14.